The maximum absolute atomic E-state index is 12.2. The van der Waals surface area contributed by atoms with E-state index in [4.69, 9.17) is 14.2 Å². The van der Waals surface area contributed by atoms with Crippen molar-refractivity contribution in [2.24, 2.45) is 0 Å². The van der Waals surface area contributed by atoms with Crippen LogP contribution in [0.3, 0.4) is 0 Å². The van der Waals surface area contributed by atoms with Crippen molar-refractivity contribution in [3.63, 3.8) is 0 Å². The summed E-state index contributed by atoms with van der Waals surface area (Å²) in [5.74, 6) is 2.38. The van der Waals surface area contributed by atoms with Crippen LogP contribution in [0.4, 0.5) is 4.79 Å². The minimum absolute atomic E-state index is 0.0859. The molecule has 0 radical (unpaired) electrons. The summed E-state index contributed by atoms with van der Waals surface area (Å²) in [6.07, 6.45) is 0.703. The minimum Gasteiger partial charge on any atom is -0.497 e. The zero-order valence-electron chi connectivity index (χ0n) is 14.4. The van der Waals surface area contributed by atoms with Gasteiger partial charge in [-0.1, -0.05) is 18.2 Å². The SMILES string of the molecule is COc1ccc2c(c1)C[C@@H](NC(=O)NCc1ccccc1OC)CO2. The number of carbonyl (C=O) groups is 1. The molecule has 25 heavy (non-hydrogen) atoms. The molecule has 0 unspecified atom stereocenters. The average Bonchev–Trinajstić information content (AvgIpc) is 2.66. The summed E-state index contributed by atoms with van der Waals surface area (Å²) in [6, 6.07) is 13.0. The highest BCUT2D eigenvalue weighted by Crippen LogP contribution is 2.28. The van der Waals surface area contributed by atoms with Crippen molar-refractivity contribution in [1.82, 2.24) is 10.6 Å². The molecule has 0 saturated carbocycles. The third kappa shape index (κ3) is 4.15. The van der Waals surface area contributed by atoms with E-state index in [1.807, 2.05) is 42.5 Å². The first-order chi connectivity index (χ1) is 12.2. The van der Waals surface area contributed by atoms with Crippen LogP contribution in [0.5, 0.6) is 17.2 Å². The second kappa shape index (κ2) is 7.79. The molecule has 3 rings (SSSR count). The van der Waals surface area contributed by atoms with Gasteiger partial charge in [-0.15, -0.1) is 0 Å². The predicted octanol–water partition coefficient (Wildman–Crippen LogP) is 2.51. The first-order valence-corrected chi connectivity index (χ1v) is 8.15. The van der Waals surface area contributed by atoms with E-state index in [1.54, 1.807) is 14.2 Å². The lowest BCUT2D eigenvalue weighted by Gasteiger charge is -2.26. The topological polar surface area (TPSA) is 68.8 Å². The molecule has 2 aromatic rings. The fourth-order valence-electron chi connectivity index (χ4n) is 2.85. The smallest absolute Gasteiger partial charge is 0.315 e. The van der Waals surface area contributed by atoms with Crippen molar-refractivity contribution in [3.05, 3.63) is 53.6 Å². The van der Waals surface area contributed by atoms with E-state index in [0.717, 1.165) is 28.4 Å². The number of rotatable bonds is 5. The van der Waals surface area contributed by atoms with Crippen molar-refractivity contribution < 1.29 is 19.0 Å². The highest BCUT2D eigenvalue weighted by molar-refractivity contribution is 5.74. The molecule has 0 fully saturated rings. The molecule has 1 aliphatic heterocycles. The quantitative estimate of drug-likeness (QED) is 0.876. The lowest BCUT2D eigenvalue weighted by atomic mass is 10.0. The summed E-state index contributed by atoms with van der Waals surface area (Å²) >= 11 is 0. The van der Waals surface area contributed by atoms with Crippen molar-refractivity contribution in [1.29, 1.82) is 0 Å². The average molecular weight is 342 g/mol. The Balaban J connectivity index is 1.55. The minimum atomic E-state index is -0.231. The van der Waals surface area contributed by atoms with Gasteiger partial charge in [-0.2, -0.15) is 0 Å². The van der Waals surface area contributed by atoms with Gasteiger partial charge in [0, 0.05) is 12.1 Å². The number of hydrogen-bond donors (Lipinski definition) is 2. The Labute approximate surface area is 147 Å². The van der Waals surface area contributed by atoms with Crippen LogP contribution in [0, 0.1) is 0 Å². The van der Waals surface area contributed by atoms with Gasteiger partial charge in [0.15, 0.2) is 0 Å². The van der Waals surface area contributed by atoms with Crippen LogP contribution in [-0.2, 0) is 13.0 Å². The number of methoxy groups -OCH3 is 2. The monoisotopic (exact) mass is 342 g/mol. The number of hydrogen-bond acceptors (Lipinski definition) is 4. The lowest BCUT2D eigenvalue weighted by molar-refractivity contribution is 0.214. The molecule has 2 N–H and O–H groups in total. The normalized spacial score (nSPS) is 15.5. The predicted molar refractivity (Wildman–Crippen MR) is 94.3 cm³/mol. The third-order valence-electron chi connectivity index (χ3n) is 4.14. The van der Waals surface area contributed by atoms with E-state index in [-0.39, 0.29) is 12.1 Å². The summed E-state index contributed by atoms with van der Waals surface area (Å²) in [5, 5.41) is 5.81. The Hall–Kier alpha value is -2.89. The molecule has 6 heteroatoms. The number of carbonyl (C=O) groups excluding carboxylic acids is 1. The van der Waals surface area contributed by atoms with Gasteiger partial charge in [0.2, 0.25) is 0 Å². The van der Waals surface area contributed by atoms with Gasteiger partial charge in [-0.05, 0) is 36.2 Å². The molecule has 0 aliphatic carbocycles. The van der Waals surface area contributed by atoms with E-state index in [9.17, 15) is 4.79 Å². The largest absolute Gasteiger partial charge is 0.497 e. The molecule has 132 valence electrons. The molecular weight excluding hydrogens is 320 g/mol. The molecule has 0 bridgehead atoms. The maximum atomic E-state index is 12.2. The third-order valence-corrected chi connectivity index (χ3v) is 4.14. The molecule has 0 saturated heterocycles. The van der Waals surface area contributed by atoms with Gasteiger partial charge >= 0.3 is 6.03 Å². The second-order valence-electron chi connectivity index (χ2n) is 5.82. The van der Waals surface area contributed by atoms with Crippen LogP contribution in [0.15, 0.2) is 42.5 Å². The van der Waals surface area contributed by atoms with Crippen molar-refractivity contribution in [3.8, 4) is 17.2 Å². The first-order valence-electron chi connectivity index (χ1n) is 8.15. The van der Waals surface area contributed by atoms with Crippen LogP contribution < -0.4 is 24.8 Å². The standard InChI is InChI=1S/C19H22N2O4/c1-23-16-7-8-18-14(10-16)9-15(12-25-18)21-19(22)20-11-13-5-3-4-6-17(13)24-2/h3-8,10,15H,9,11-12H2,1-2H3,(H2,20,21,22)/t15-/m1/s1. The number of amides is 2. The fraction of sp³-hybridized carbons (Fsp3) is 0.316. The van der Waals surface area contributed by atoms with Crippen LogP contribution >= 0.6 is 0 Å². The van der Waals surface area contributed by atoms with E-state index < -0.39 is 0 Å². The van der Waals surface area contributed by atoms with Crippen molar-refractivity contribution >= 4 is 6.03 Å². The second-order valence-corrected chi connectivity index (χ2v) is 5.82. The molecule has 2 aromatic carbocycles. The molecule has 1 atom stereocenters. The van der Waals surface area contributed by atoms with Crippen LogP contribution in [-0.4, -0.2) is 32.9 Å². The summed E-state index contributed by atoms with van der Waals surface area (Å²) in [5.41, 5.74) is 1.95. The van der Waals surface area contributed by atoms with Gasteiger partial charge in [0.05, 0.1) is 20.3 Å². The number of nitrogens with one attached hydrogen (secondary N) is 2. The Bertz CT molecular complexity index is 748. The van der Waals surface area contributed by atoms with E-state index in [1.165, 1.54) is 0 Å². The highest BCUT2D eigenvalue weighted by atomic mass is 16.5. The summed E-state index contributed by atoms with van der Waals surface area (Å²) in [4.78, 5) is 12.2. The van der Waals surface area contributed by atoms with Crippen molar-refractivity contribution in [2.75, 3.05) is 20.8 Å². The summed E-state index contributed by atoms with van der Waals surface area (Å²) in [7, 11) is 3.25. The van der Waals surface area contributed by atoms with Gasteiger partial charge in [-0.3, -0.25) is 0 Å². The van der Waals surface area contributed by atoms with Gasteiger partial charge in [0.25, 0.3) is 0 Å². The number of ether oxygens (including phenoxy) is 3. The van der Waals surface area contributed by atoms with E-state index in [0.29, 0.717) is 19.6 Å². The van der Waals surface area contributed by atoms with Gasteiger partial charge < -0.3 is 24.8 Å². The number of para-hydroxylation sites is 1. The molecule has 0 spiro atoms. The van der Waals surface area contributed by atoms with Crippen molar-refractivity contribution in [2.45, 2.75) is 19.0 Å². The Morgan fingerprint density at radius 3 is 2.84 bits per heavy atom. The number of benzene rings is 2. The zero-order valence-corrected chi connectivity index (χ0v) is 14.4. The van der Waals surface area contributed by atoms with E-state index >= 15 is 0 Å². The molecule has 1 heterocycles. The van der Waals surface area contributed by atoms with Crippen LogP contribution in [0.25, 0.3) is 0 Å². The highest BCUT2D eigenvalue weighted by Gasteiger charge is 2.22. The Morgan fingerprint density at radius 2 is 2.04 bits per heavy atom. The molecule has 0 aromatic heterocycles. The molecular formula is C19H22N2O4. The molecule has 6 nitrogen and oxygen atoms in total. The lowest BCUT2D eigenvalue weighted by Crippen LogP contribution is -2.47. The molecule has 2 amide bonds. The Kier molecular flexibility index (Phi) is 5.28. The zero-order chi connectivity index (χ0) is 17.6. The van der Waals surface area contributed by atoms with Crippen LogP contribution in [0.1, 0.15) is 11.1 Å². The van der Waals surface area contributed by atoms with E-state index in [2.05, 4.69) is 10.6 Å². The summed E-state index contributed by atoms with van der Waals surface area (Å²) in [6.45, 7) is 0.843. The number of fused-ring (bicyclic) bond motifs is 1. The van der Waals surface area contributed by atoms with Crippen LogP contribution in [0.2, 0.25) is 0 Å². The molecule has 1 aliphatic rings. The van der Waals surface area contributed by atoms with Gasteiger partial charge in [-0.25, -0.2) is 4.79 Å². The summed E-state index contributed by atoms with van der Waals surface area (Å²) < 4.78 is 16.2. The number of urea groups is 1. The first kappa shape index (κ1) is 17.0. The van der Waals surface area contributed by atoms with Gasteiger partial charge in [0.1, 0.15) is 23.9 Å². The maximum Gasteiger partial charge on any atom is 0.315 e. The Morgan fingerprint density at radius 1 is 1.20 bits per heavy atom. The fourth-order valence-corrected chi connectivity index (χ4v) is 2.85.